The molecule has 1 unspecified atom stereocenters. The zero-order valence-corrected chi connectivity index (χ0v) is 14.0. The lowest BCUT2D eigenvalue weighted by Gasteiger charge is -2.35. The van der Waals surface area contributed by atoms with Gasteiger partial charge in [-0.05, 0) is 48.1 Å². The Bertz CT molecular complexity index is 764. The van der Waals surface area contributed by atoms with E-state index in [0.29, 0.717) is 13.0 Å². The summed E-state index contributed by atoms with van der Waals surface area (Å²) in [5.41, 5.74) is 10.2. The Labute approximate surface area is 143 Å². The highest BCUT2D eigenvalue weighted by atomic mass is 16.5. The van der Waals surface area contributed by atoms with Crippen LogP contribution in [-0.2, 0) is 11.2 Å². The van der Waals surface area contributed by atoms with Crippen molar-refractivity contribution in [3.8, 4) is 11.1 Å². The molecule has 1 atom stereocenters. The summed E-state index contributed by atoms with van der Waals surface area (Å²) in [6.45, 7) is 4.26. The second-order valence-corrected chi connectivity index (χ2v) is 6.53. The first-order valence-electron chi connectivity index (χ1n) is 8.23. The molecule has 0 saturated heterocycles. The highest BCUT2D eigenvalue weighted by Gasteiger charge is 2.41. The minimum Gasteiger partial charge on any atom is -0.399 e. The number of allylic oxidation sites excluding steroid dienone is 1. The third-order valence-electron chi connectivity index (χ3n) is 4.90. The van der Waals surface area contributed by atoms with E-state index in [4.69, 9.17) is 10.5 Å². The van der Waals surface area contributed by atoms with Gasteiger partial charge in [-0.1, -0.05) is 36.4 Å². The number of anilines is 1. The van der Waals surface area contributed by atoms with Crippen LogP contribution in [-0.4, -0.2) is 19.5 Å². The van der Waals surface area contributed by atoms with Gasteiger partial charge < -0.3 is 10.5 Å². The van der Waals surface area contributed by atoms with Crippen molar-refractivity contribution in [2.24, 2.45) is 5.41 Å². The molecule has 0 aromatic heterocycles. The quantitative estimate of drug-likeness (QED) is 0.661. The van der Waals surface area contributed by atoms with Crippen molar-refractivity contribution in [2.75, 3.05) is 19.5 Å². The van der Waals surface area contributed by atoms with E-state index >= 15 is 0 Å². The van der Waals surface area contributed by atoms with Gasteiger partial charge in [-0.3, -0.25) is 4.79 Å². The zero-order chi connectivity index (χ0) is 17.2. The highest BCUT2D eigenvalue weighted by molar-refractivity contribution is 6.03. The molecule has 0 spiro atoms. The first-order chi connectivity index (χ1) is 11.6. The lowest BCUT2D eigenvalue weighted by molar-refractivity contribution is 0.0477. The SMILES string of the molecule is C=CCC1(COC)CCc2cc(-c3ccc(N)cc3)ccc2C1=O. The molecule has 0 radical (unpaired) electrons. The topological polar surface area (TPSA) is 52.3 Å². The van der Waals surface area contributed by atoms with Crippen LogP contribution in [0.15, 0.2) is 55.1 Å². The van der Waals surface area contributed by atoms with Crippen LogP contribution in [0.3, 0.4) is 0 Å². The van der Waals surface area contributed by atoms with Crippen LogP contribution in [0.5, 0.6) is 0 Å². The number of ether oxygens (including phenoxy) is 1. The lowest BCUT2D eigenvalue weighted by Crippen LogP contribution is -2.39. The van der Waals surface area contributed by atoms with Crippen LogP contribution in [0.4, 0.5) is 5.69 Å². The van der Waals surface area contributed by atoms with E-state index in [-0.39, 0.29) is 5.78 Å². The third-order valence-corrected chi connectivity index (χ3v) is 4.90. The minimum absolute atomic E-state index is 0.175. The van der Waals surface area contributed by atoms with Crippen LogP contribution in [0.1, 0.15) is 28.8 Å². The number of carbonyl (C=O) groups excluding carboxylic acids is 1. The smallest absolute Gasteiger partial charge is 0.171 e. The molecule has 3 rings (SSSR count). The van der Waals surface area contributed by atoms with E-state index < -0.39 is 5.41 Å². The number of Topliss-reactive ketones (excluding diaryl/α,β-unsaturated/α-hetero) is 1. The van der Waals surface area contributed by atoms with Gasteiger partial charge in [0.25, 0.3) is 0 Å². The van der Waals surface area contributed by atoms with Crippen molar-refractivity contribution in [1.82, 2.24) is 0 Å². The van der Waals surface area contributed by atoms with Crippen molar-refractivity contribution in [3.05, 3.63) is 66.2 Å². The maximum absolute atomic E-state index is 13.1. The first kappa shape index (κ1) is 16.5. The fourth-order valence-electron chi connectivity index (χ4n) is 3.59. The number of carbonyl (C=O) groups is 1. The van der Waals surface area contributed by atoms with Crippen molar-refractivity contribution >= 4 is 11.5 Å². The number of fused-ring (bicyclic) bond motifs is 1. The minimum atomic E-state index is -0.466. The highest BCUT2D eigenvalue weighted by Crippen LogP contribution is 2.40. The number of hydrogen-bond acceptors (Lipinski definition) is 3. The van der Waals surface area contributed by atoms with E-state index in [9.17, 15) is 4.79 Å². The number of methoxy groups -OCH3 is 1. The summed E-state index contributed by atoms with van der Waals surface area (Å²) in [5, 5.41) is 0. The molecule has 124 valence electrons. The van der Waals surface area contributed by atoms with Crippen molar-refractivity contribution in [1.29, 1.82) is 0 Å². The van der Waals surface area contributed by atoms with E-state index in [1.165, 1.54) is 0 Å². The van der Waals surface area contributed by atoms with Gasteiger partial charge in [-0.15, -0.1) is 6.58 Å². The summed E-state index contributed by atoms with van der Waals surface area (Å²) in [4.78, 5) is 13.1. The molecule has 2 aromatic carbocycles. The largest absolute Gasteiger partial charge is 0.399 e. The Morgan fingerprint density at radius 1 is 1.21 bits per heavy atom. The van der Waals surface area contributed by atoms with E-state index in [0.717, 1.165) is 40.8 Å². The van der Waals surface area contributed by atoms with Crippen LogP contribution in [0.25, 0.3) is 11.1 Å². The fraction of sp³-hybridized carbons (Fsp3) is 0.286. The summed E-state index contributed by atoms with van der Waals surface area (Å²) in [6.07, 6.45) is 4.15. The van der Waals surface area contributed by atoms with Gasteiger partial charge in [-0.25, -0.2) is 0 Å². The Kier molecular flexibility index (Phi) is 4.54. The lowest BCUT2D eigenvalue weighted by atomic mass is 9.68. The van der Waals surface area contributed by atoms with Gasteiger partial charge in [0, 0.05) is 18.4 Å². The molecule has 3 nitrogen and oxygen atoms in total. The Morgan fingerprint density at radius 3 is 2.58 bits per heavy atom. The van der Waals surface area contributed by atoms with Crippen LogP contribution < -0.4 is 5.73 Å². The maximum atomic E-state index is 13.1. The molecule has 24 heavy (non-hydrogen) atoms. The van der Waals surface area contributed by atoms with Gasteiger partial charge in [0.05, 0.1) is 12.0 Å². The molecule has 0 amide bonds. The Balaban J connectivity index is 1.97. The maximum Gasteiger partial charge on any atom is 0.171 e. The summed E-state index contributed by atoms with van der Waals surface area (Å²) in [7, 11) is 1.65. The molecule has 0 fully saturated rings. The number of benzene rings is 2. The molecule has 0 aliphatic heterocycles. The Hall–Kier alpha value is -2.39. The predicted molar refractivity (Wildman–Crippen MR) is 98.1 cm³/mol. The summed E-state index contributed by atoms with van der Waals surface area (Å²) in [5.74, 6) is 0.175. The molecule has 2 N–H and O–H groups in total. The van der Waals surface area contributed by atoms with Crippen molar-refractivity contribution in [2.45, 2.75) is 19.3 Å². The van der Waals surface area contributed by atoms with E-state index in [1.807, 2.05) is 42.5 Å². The predicted octanol–water partition coefficient (Wildman–Crippen LogP) is 4.27. The van der Waals surface area contributed by atoms with Crippen LogP contribution in [0.2, 0.25) is 0 Å². The number of hydrogen-bond donors (Lipinski definition) is 1. The molecule has 0 bridgehead atoms. The van der Waals surface area contributed by atoms with Crippen LogP contribution in [0, 0.1) is 5.41 Å². The number of rotatable bonds is 5. The second kappa shape index (κ2) is 6.62. The molecule has 3 heteroatoms. The molecule has 0 saturated carbocycles. The standard InChI is InChI=1S/C21H23NO2/c1-3-11-21(14-24-2)12-10-17-13-16(6-9-19(17)20(21)23)15-4-7-18(22)8-5-15/h3-9,13H,1,10-12,14,22H2,2H3. The number of ketones is 1. The number of nitrogen functional groups attached to an aromatic ring is 1. The Morgan fingerprint density at radius 2 is 1.92 bits per heavy atom. The van der Waals surface area contributed by atoms with Gasteiger partial charge in [0.2, 0.25) is 0 Å². The van der Waals surface area contributed by atoms with Gasteiger partial charge in [-0.2, -0.15) is 0 Å². The van der Waals surface area contributed by atoms with Gasteiger partial charge in [0.15, 0.2) is 5.78 Å². The number of nitrogens with two attached hydrogens (primary N) is 1. The summed E-state index contributed by atoms with van der Waals surface area (Å²) >= 11 is 0. The van der Waals surface area contributed by atoms with Crippen molar-refractivity contribution in [3.63, 3.8) is 0 Å². The van der Waals surface area contributed by atoms with Crippen LogP contribution >= 0.6 is 0 Å². The molecule has 1 aliphatic carbocycles. The average molecular weight is 321 g/mol. The number of aryl methyl sites for hydroxylation is 1. The van der Waals surface area contributed by atoms with E-state index in [1.54, 1.807) is 7.11 Å². The van der Waals surface area contributed by atoms with Crippen molar-refractivity contribution < 1.29 is 9.53 Å². The molecule has 2 aromatic rings. The normalized spacial score (nSPS) is 19.8. The monoisotopic (exact) mass is 321 g/mol. The second-order valence-electron chi connectivity index (χ2n) is 6.53. The average Bonchev–Trinajstić information content (AvgIpc) is 2.59. The third kappa shape index (κ3) is 2.87. The molecule has 1 aliphatic rings. The molecular weight excluding hydrogens is 298 g/mol. The zero-order valence-electron chi connectivity index (χ0n) is 14.0. The summed E-state index contributed by atoms with van der Waals surface area (Å²) < 4.78 is 5.35. The molecule has 0 heterocycles. The van der Waals surface area contributed by atoms with Gasteiger partial charge in [0.1, 0.15) is 0 Å². The molecular formula is C21H23NO2. The van der Waals surface area contributed by atoms with E-state index in [2.05, 4.69) is 12.6 Å². The first-order valence-corrected chi connectivity index (χ1v) is 8.23. The van der Waals surface area contributed by atoms with Gasteiger partial charge >= 0.3 is 0 Å². The summed E-state index contributed by atoms with van der Waals surface area (Å²) in [6, 6.07) is 13.9. The fourth-order valence-corrected chi connectivity index (χ4v) is 3.59.